The highest BCUT2D eigenvalue weighted by molar-refractivity contribution is 6.11. The maximum Gasteiger partial charge on any atom is 0.193 e. The third kappa shape index (κ3) is 5.04. The van der Waals surface area contributed by atoms with Crippen LogP contribution in [-0.2, 0) is 22.4 Å². The maximum absolute atomic E-state index is 14.4. The van der Waals surface area contributed by atoms with E-state index in [9.17, 15) is 25.2 Å². The van der Waals surface area contributed by atoms with Gasteiger partial charge in [0.05, 0.1) is 22.4 Å². The summed E-state index contributed by atoms with van der Waals surface area (Å²) in [6.45, 7) is 6.71. The van der Waals surface area contributed by atoms with Crippen LogP contribution >= 0.6 is 0 Å². The van der Waals surface area contributed by atoms with E-state index in [0.29, 0.717) is 59.1 Å². The van der Waals surface area contributed by atoms with Crippen molar-refractivity contribution >= 4 is 5.78 Å². The topological polar surface area (TPSA) is 98.0 Å². The summed E-state index contributed by atoms with van der Waals surface area (Å²) in [6, 6.07) is 10.6. The highest BCUT2D eigenvalue weighted by Gasteiger charge is 2.42. The van der Waals surface area contributed by atoms with Gasteiger partial charge in [-0.3, -0.25) is 4.79 Å². The number of aliphatic hydroxyl groups is 4. The summed E-state index contributed by atoms with van der Waals surface area (Å²) in [6.07, 6.45) is 7.58. The third-order valence-electron chi connectivity index (χ3n) is 8.23. The maximum atomic E-state index is 14.4. The first-order chi connectivity index (χ1) is 16.8. The molecule has 0 unspecified atom stereocenters. The van der Waals surface area contributed by atoms with Crippen molar-refractivity contribution in [3.8, 4) is 0 Å². The third-order valence-corrected chi connectivity index (χ3v) is 8.23. The molecule has 0 atom stereocenters. The second-order valence-corrected chi connectivity index (χ2v) is 12.1. The van der Waals surface area contributed by atoms with Crippen molar-refractivity contribution in [2.75, 3.05) is 0 Å². The number of benzene rings is 2. The molecule has 0 spiro atoms. The highest BCUT2D eigenvalue weighted by Crippen LogP contribution is 2.46. The number of carbonyl (C=O) groups is 1. The minimum absolute atomic E-state index is 0.296. The zero-order valence-electron chi connectivity index (χ0n) is 22.2. The minimum atomic E-state index is -1.25. The Morgan fingerprint density at radius 2 is 0.972 bits per heavy atom. The molecule has 0 amide bonds. The second-order valence-electron chi connectivity index (χ2n) is 12.1. The van der Waals surface area contributed by atoms with E-state index in [-0.39, 0.29) is 5.78 Å². The van der Waals surface area contributed by atoms with Gasteiger partial charge in [-0.05, 0) is 64.5 Å². The smallest absolute Gasteiger partial charge is 0.193 e. The number of rotatable bonds is 6. The van der Waals surface area contributed by atoms with Crippen LogP contribution in [0.15, 0.2) is 36.4 Å². The molecule has 2 aromatic carbocycles. The van der Waals surface area contributed by atoms with Crippen LogP contribution < -0.4 is 0 Å². The van der Waals surface area contributed by atoms with E-state index in [1.807, 2.05) is 0 Å². The van der Waals surface area contributed by atoms with E-state index in [2.05, 4.69) is 0 Å². The zero-order valence-corrected chi connectivity index (χ0v) is 22.2. The molecule has 0 aromatic heterocycles. The van der Waals surface area contributed by atoms with Gasteiger partial charge in [0.2, 0.25) is 0 Å². The van der Waals surface area contributed by atoms with Crippen molar-refractivity contribution in [1.29, 1.82) is 0 Å². The van der Waals surface area contributed by atoms with Crippen LogP contribution in [0.5, 0.6) is 0 Å². The molecule has 196 valence electrons. The lowest BCUT2D eigenvalue weighted by Crippen LogP contribution is -2.37. The number of ketones is 1. The van der Waals surface area contributed by atoms with Gasteiger partial charge in [-0.25, -0.2) is 0 Å². The molecular formula is C31H42O5. The molecule has 2 aliphatic rings. The Bertz CT molecular complexity index is 1020. The molecule has 5 heteroatoms. The molecule has 0 aliphatic heterocycles. The molecular weight excluding hydrogens is 452 g/mol. The average molecular weight is 495 g/mol. The van der Waals surface area contributed by atoms with E-state index in [0.717, 1.165) is 38.5 Å². The Balaban J connectivity index is 1.98. The molecule has 5 nitrogen and oxygen atoms in total. The summed E-state index contributed by atoms with van der Waals surface area (Å²) in [4.78, 5) is 14.4. The van der Waals surface area contributed by atoms with Crippen molar-refractivity contribution in [1.82, 2.24) is 0 Å². The van der Waals surface area contributed by atoms with Gasteiger partial charge >= 0.3 is 0 Å². The summed E-state index contributed by atoms with van der Waals surface area (Å²) in [5.74, 6) is -0.296. The lowest BCUT2D eigenvalue weighted by Gasteiger charge is -2.39. The van der Waals surface area contributed by atoms with Crippen molar-refractivity contribution in [2.24, 2.45) is 0 Å². The Kier molecular flexibility index (Phi) is 7.26. The SMILES string of the molecule is CC(C)(O)c1cccc(C(=O)c2cccc(C(C)(C)O)c2C2(O)CCCCC2)c1C1(O)CCCCC1. The first-order valence-electron chi connectivity index (χ1n) is 13.5. The Labute approximate surface area is 215 Å². The van der Waals surface area contributed by atoms with Crippen molar-refractivity contribution in [3.63, 3.8) is 0 Å². The quantitative estimate of drug-likeness (QED) is 0.388. The summed E-state index contributed by atoms with van der Waals surface area (Å²) in [7, 11) is 0. The Morgan fingerprint density at radius 3 is 1.28 bits per heavy atom. The van der Waals surface area contributed by atoms with Gasteiger partial charge < -0.3 is 20.4 Å². The normalized spacial score (nSPS) is 20.2. The zero-order chi connectivity index (χ0) is 26.4. The monoisotopic (exact) mass is 494 g/mol. The van der Waals surface area contributed by atoms with Gasteiger partial charge in [-0.15, -0.1) is 0 Å². The number of hydrogen-bond acceptors (Lipinski definition) is 5. The molecule has 4 rings (SSSR count). The van der Waals surface area contributed by atoms with E-state index in [1.165, 1.54) is 0 Å². The van der Waals surface area contributed by atoms with E-state index >= 15 is 0 Å². The van der Waals surface area contributed by atoms with Crippen molar-refractivity contribution in [2.45, 2.75) is 114 Å². The lowest BCUT2D eigenvalue weighted by molar-refractivity contribution is -0.00910. The Hall–Kier alpha value is -2.05. The van der Waals surface area contributed by atoms with Crippen LogP contribution in [0.25, 0.3) is 0 Å². The second kappa shape index (κ2) is 9.68. The summed E-state index contributed by atoms with van der Waals surface area (Å²) >= 11 is 0. The molecule has 0 bridgehead atoms. The summed E-state index contributed by atoms with van der Waals surface area (Å²) in [5, 5.41) is 45.8. The minimum Gasteiger partial charge on any atom is -0.386 e. The van der Waals surface area contributed by atoms with Crippen molar-refractivity contribution in [3.05, 3.63) is 69.8 Å². The molecule has 2 aromatic rings. The average Bonchev–Trinajstić information content (AvgIpc) is 2.82. The molecule has 2 fully saturated rings. The predicted octanol–water partition coefficient (Wildman–Crippen LogP) is 5.68. The van der Waals surface area contributed by atoms with Crippen LogP contribution in [0.2, 0.25) is 0 Å². The first kappa shape index (κ1) is 27.0. The fraction of sp³-hybridized carbons (Fsp3) is 0.581. The van der Waals surface area contributed by atoms with E-state index in [1.54, 1.807) is 64.1 Å². The van der Waals surface area contributed by atoms with Crippen LogP contribution in [0.1, 0.15) is 130 Å². The number of hydrogen-bond donors (Lipinski definition) is 4. The van der Waals surface area contributed by atoms with E-state index in [4.69, 9.17) is 0 Å². The van der Waals surface area contributed by atoms with Crippen LogP contribution in [0, 0.1) is 0 Å². The molecule has 36 heavy (non-hydrogen) atoms. The largest absolute Gasteiger partial charge is 0.386 e. The molecule has 2 aliphatic carbocycles. The molecule has 0 radical (unpaired) electrons. The number of carbonyl (C=O) groups excluding carboxylic acids is 1. The Morgan fingerprint density at radius 1 is 0.639 bits per heavy atom. The lowest BCUT2D eigenvalue weighted by atomic mass is 9.70. The first-order valence-corrected chi connectivity index (χ1v) is 13.5. The standard InChI is InChI=1S/C31H42O5/c1-28(2,33)23-15-11-13-21(25(23)30(35)17-7-5-8-18-30)27(32)22-14-12-16-24(29(3,4)34)26(22)31(36)19-9-6-10-20-31/h11-16,33-36H,5-10,17-20H2,1-4H3. The van der Waals surface area contributed by atoms with E-state index < -0.39 is 22.4 Å². The van der Waals surface area contributed by atoms with Gasteiger partial charge in [0.15, 0.2) is 5.78 Å². The van der Waals surface area contributed by atoms with Gasteiger partial charge in [0, 0.05) is 22.3 Å². The van der Waals surface area contributed by atoms with Gasteiger partial charge in [0.1, 0.15) is 0 Å². The predicted molar refractivity (Wildman–Crippen MR) is 141 cm³/mol. The summed E-state index contributed by atoms with van der Waals surface area (Å²) in [5.41, 5.74) is -2.12. The fourth-order valence-electron chi connectivity index (χ4n) is 6.42. The van der Waals surface area contributed by atoms with Crippen LogP contribution in [0.3, 0.4) is 0 Å². The molecule has 0 heterocycles. The van der Waals surface area contributed by atoms with Gasteiger partial charge in [-0.1, -0.05) is 74.9 Å². The van der Waals surface area contributed by atoms with Crippen molar-refractivity contribution < 1.29 is 25.2 Å². The van der Waals surface area contributed by atoms with Crippen LogP contribution in [-0.4, -0.2) is 26.2 Å². The molecule has 0 saturated heterocycles. The van der Waals surface area contributed by atoms with Crippen LogP contribution in [0.4, 0.5) is 0 Å². The van der Waals surface area contributed by atoms with Gasteiger partial charge in [0.25, 0.3) is 0 Å². The molecule has 2 saturated carbocycles. The molecule has 4 N–H and O–H groups in total. The van der Waals surface area contributed by atoms with Gasteiger partial charge in [-0.2, -0.15) is 0 Å². The summed E-state index contributed by atoms with van der Waals surface area (Å²) < 4.78 is 0. The highest BCUT2D eigenvalue weighted by atomic mass is 16.3. The fourth-order valence-corrected chi connectivity index (χ4v) is 6.42.